The molecule has 2 bridgehead atoms. The highest BCUT2D eigenvalue weighted by Crippen LogP contribution is 2.32. The van der Waals surface area contributed by atoms with E-state index in [1.165, 1.54) is 42.9 Å². The molecule has 0 saturated carbocycles. The molecule has 0 N–H and O–H groups in total. The maximum absolute atomic E-state index is 4.37. The number of likely N-dealkylation sites (tertiary alicyclic amines) is 1. The topological polar surface area (TPSA) is 19.4 Å². The van der Waals surface area contributed by atoms with Gasteiger partial charge >= 0.3 is 0 Å². The van der Waals surface area contributed by atoms with Crippen molar-refractivity contribution in [2.75, 3.05) is 20.1 Å². The Hall–Kier alpha value is -0.450. The third-order valence-electron chi connectivity index (χ3n) is 4.31. The average molecular weight is 251 g/mol. The van der Waals surface area contributed by atoms with Crippen molar-refractivity contribution < 1.29 is 0 Å². The lowest BCUT2D eigenvalue weighted by Crippen LogP contribution is -2.37. The number of aryl methyl sites for hydroxylation is 1. The summed E-state index contributed by atoms with van der Waals surface area (Å²) in [6.45, 7) is 5.77. The lowest BCUT2D eigenvalue weighted by Gasteiger charge is -2.27. The van der Waals surface area contributed by atoms with Crippen molar-refractivity contribution in [2.24, 2.45) is 0 Å². The summed E-state index contributed by atoms with van der Waals surface area (Å²) in [5, 5.41) is 0. The van der Waals surface area contributed by atoms with Gasteiger partial charge < -0.3 is 4.90 Å². The van der Waals surface area contributed by atoms with Crippen LogP contribution in [0.5, 0.6) is 0 Å². The van der Waals surface area contributed by atoms with Gasteiger partial charge in [0.2, 0.25) is 0 Å². The molecular formula is C13H21N3S. The lowest BCUT2D eigenvalue weighted by atomic mass is 10.1. The maximum Gasteiger partial charge on any atom is 0.0798 e. The molecular weight excluding hydrogens is 230 g/mol. The Labute approximate surface area is 107 Å². The molecule has 2 fully saturated rings. The van der Waals surface area contributed by atoms with E-state index in [9.17, 15) is 0 Å². The quantitative estimate of drug-likeness (QED) is 0.802. The summed E-state index contributed by atoms with van der Waals surface area (Å²) in [5.74, 6) is 0. The molecule has 17 heavy (non-hydrogen) atoms. The molecule has 3 heterocycles. The number of fused-ring (bicyclic) bond motifs is 2. The van der Waals surface area contributed by atoms with Crippen molar-refractivity contribution in [1.29, 1.82) is 0 Å². The van der Waals surface area contributed by atoms with Gasteiger partial charge in [0, 0.05) is 30.1 Å². The predicted octanol–water partition coefficient (Wildman–Crippen LogP) is 2.12. The number of rotatable bonds is 2. The van der Waals surface area contributed by atoms with Crippen molar-refractivity contribution in [3.05, 3.63) is 16.1 Å². The number of aromatic nitrogens is 1. The van der Waals surface area contributed by atoms with Gasteiger partial charge in [0.15, 0.2) is 0 Å². The van der Waals surface area contributed by atoms with E-state index in [0.29, 0.717) is 0 Å². The standard InChI is InChI=1S/C13H21N3S/c1-10-13(17-9-14-10)8-16-11-3-4-12(16)7-15(2)6-5-11/h9,11-12H,3-8H2,1-2H3/t11-,12+/m1/s1. The SMILES string of the molecule is Cc1ncsc1CN1[C@@H]2CC[C@H]1CN(C)CC2. The molecule has 1 aromatic heterocycles. The van der Waals surface area contributed by atoms with Crippen LogP contribution in [0.2, 0.25) is 0 Å². The van der Waals surface area contributed by atoms with Crippen LogP contribution >= 0.6 is 11.3 Å². The Balaban J connectivity index is 1.76. The Morgan fingerprint density at radius 1 is 1.35 bits per heavy atom. The van der Waals surface area contributed by atoms with Gasteiger partial charge in [-0.05, 0) is 39.8 Å². The van der Waals surface area contributed by atoms with E-state index in [4.69, 9.17) is 0 Å². The van der Waals surface area contributed by atoms with Gasteiger partial charge in [-0.2, -0.15) is 0 Å². The molecule has 0 spiro atoms. The first-order valence-corrected chi connectivity index (χ1v) is 7.45. The first-order valence-electron chi connectivity index (χ1n) is 6.57. The highest BCUT2D eigenvalue weighted by Gasteiger charge is 2.36. The molecule has 3 nitrogen and oxygen atoms in total. The molecule has 0 aromatic carbocycles. The van der Waals surface area contributed by atoms with Crippen LogP contribution < -0.4 is 0 Å². The van der Waals surface area contributed by atoms with Crippen molar-refractivity contribution in [3.63, 3.8) is 0 Å². The highest BCUT2D eigenvalue weighted by atomic mass is 32.1. The summed E-state index contributed by atoms with van der Waals surface area (Å²) in [5.41, 5.74) is 3.21. The summed E-state index contributed by atoms with van der Waals surface area (Å²) in [6, 6.07) is 1.58. The number of hydrogen-bond donors (Lipinski definition) is 0. The van der Waals surface area contributed by atoms with Crippen molar-refractivity contribution in [3.8, 4) is 0 Å². The zero-order valence-corrected chi connectivity index (χ0v) is 11.5. The van der Waals surface area contributed by atoms with E-state index in [1.807, 2.05) is 16.8 Å². The van der Waals surface area contributed by atoms with E-state index in [1.54, 1.807) is 0 Å². The van der Waals surface area contributed by atoms with Gasteiger partial charge in [-0.15, -0.1) is 11.3 Å². The third kappa shape index (κ3) is 2.26. The van der Waals surface area contributed by atoms with Crippen molar-refractivity contribution >= 4 is 11.3 Å². The molecule has 2 saturated heterocycles. The summed E-state index contributed by atoms with van der Waals surface area (Å²) in [6.07, 6.45) is 4.12. The Morgan fingerprint density at radius 2 is 2.18 bits per heavy atom. The summed E-state index contributed by atoms with van der Waals surface area (Å²) < 4.78 is 0. The predicted molar refractivity (Wildman–Crippen MR) is 71.3 cm³/mol. The Morgan fingerprint density at radius 3 is 2.94 bits per heavy atom. The molecule has 4 heteroatoms. The monoisotopic (exact) mass is 251 g/mol. The van der Waals surface area contributed by atoms with Gasteiger partial charge in [-0.1, -0.05) is 0 Å². The summed E-state index contributed by atoms with van der Waals surface area (Å²) in [4.78, 5) is 11.1. The third-order valence-corrected chi connectivity index (χ3v) is 5.23. The average Bonchev–Trinajstić information content (AvgIpc) is 2.80. The highest BCUT2D eigenvalue weighted by molar-refractivity contribution is 7.09. The fourth-order valence-electron chi connectivity index (χ4n) is 3.24. The minimum Gasteiger partial charge on any atom is -0.305 e. The molecule has 94 valence electrons. The molecule has 0 unspecified atom stereocenters. The molecule has 0 aliphatic carbocycles. The molecule has 0 radical (unpaired) electrons. The van der Waals surface area contributed by atoms with Crippen molar-refractivity contribution in [2.45, 2.75) is 44.8 Å². The largest absolute Gasteiger partial charge is 0.305 e. The normalized spacial score (nSPS) is 30.7. The number of likely N-dealkylation sites (N-methyl/N-ethyl adjacent to an activating group) is 1. The maximum atomic E-state index is 4.37. The van der Waals surface area contributed by atoms with Gasteiger partial charge in [0.05, 0.1) is 11.2 Å². The number of thiazole rings is 1. The van der Waals surface area contributed by atoms with Crippen LogP contribution in [-0.2, 0) is 6.54 Å². The van der Waals surface area contributed by atoms with Crippen LogP contribution in [-0.4, -0.2) is 47.0 Å². The molecule has 0 amide bonds. The summed E-state index contributed by atoms with van der Waals surface area (Å²) in [7, 11) is 2.26. The van der Waals surface area contributed by atoms with Crippen LogP contribution in [0.1, 0.15) is 29.8 Å². The molecule has 2 aliphatic rings. The minimum atomic E-state index is 0.772. The van der Waals surface area contributed by atoms with Crippen LogP contribution in [0.15, 0.2) is 5.51 Å². The second-order valence-corrected chi connectivity index (χ2v) is 6.41. The second-order valence-electron chi connectivity index (χ2n) is 5.47. The number of nitrogens with zero attached hydrogens (tertiary/aromatic N) is 3. The zero-order valence-electron chi connectivity index (χ0n) is 10.7. The molecule has 2 aliphatic heterocycles. The Bertz CT molecular complexity index is 390. The van der Waals surface area contributed by atoms with Gasteiger partial charge in [-0.3, -0.25) is 4.90 Å². The summed E-state index contributed by atoms with van der Waals surface area (Å²) >= 11 is 1.82. The van der Waals surface area contributed by atoms with Gasteiger partial charge in [0.1, 0.15) is 0 Å². The first-order chi connectivity index (χ1) is 8.24. The lowest BCUT2D eigenvalue weighted by molar-refractivity contribution is 0.185. The molecule has 3 rings (SSSR count). The molecule has 1 aromatic rings. The van der Waals surface area contributed by atoms with E-state index in [-0.39, 0.29) is 0 Å². The van der Waals surface area contributed by atoms with Crippen LogP contribution in [0.3, 0.4) is 0 Å². The smallest absolute Gasteiger partial charge is 0.0798 e. The number of hydrogen-bond acceptors (Lipinski definition) is 4. The van der Waals surface area contributed by atoms with E-state index in [2.05, 4.69) is 28.8 Å². The van der Waals surface area contributed by atoms with Gasteiger partial charge in [-0.25, -0.2) is 4.98 Å². The van der Waals surface area contributed by atoms with Gasteiger partial charge in [0.25, 0.3) is 0 Å². The van der Waals surface area contributed by atoms with E-state index < -0.39 is 0 Å². The second kappa shape index (κ2) is 4.67. The first kappa shape index (κ1) is 11.6. The molecule has 2 atom stereocenters. The van der Waals surface area contributed by atoms with E-state index >= 15 is 0 Å². The van der Waals surface area contributed by atoms with E-state index in [0.717, 1.165) is 18.6 Å². The fraction of sp³-hybridized carbons (Fsp3) is 0.769. The van der Waals surface area contributed by atoms with Crippen LogP contribution in [0, 0.1) is 6.92 Å². The minimum absolute atomic E-state index is 0.772. The zero-order chi connectivity index (χ0) is 11.8. The fourth-order valence-corrected chi connectivity index (χ4v) is 4.03. The van der Waals surface area contributed by atoms with Crippen LogP contribution in [0.4, 0.5) is 0 Å². The van der Waals surface area contributed by atoms with Crippen molar-refractivity contribution in [1.82, 2.24) is 14.8 Å². The Kier molecular flexibility index (Phi) is 3.19. The van der Waals surface area contributed by atoms with Crippen LogP contribution in [0.25, 0.3) is 0 Å².